The lowest BCUT2D eigenvalue weighted by Crippen LogP contribution is -2.14. The molecule has 1 heterocycles. The van der Waals surface area contributed by atoms with Crippen molar-refractivity contribution in [3.63, 3.8) is 0 Å². The predicted molar refractivity (Wildman–Crippen MR) is 65.9 cm³/mol. The van der Waals surface area contributed by atoms with Gasteiger partial charge in [0, 0.05) is 11.8 Å². The van der Waals surface area contributed by atoms with Gasteiger partial charge in [0.15, 0.2) is 0 Å². The number of pyridine rings is 1. The highest BCUT2D eigenvalue weighted by Crippen LogP contribution is 2.23. The zero-order chi connectivity index (χ0) is 11.5. The topological polar surface area (TPSA) is 64.9 Å². The maximum Gasteiger partial charge on any atom is 0.128 e. The Kier molecular flexibility index (Phi) is 2.88. The Morgan fingerprint density at radius 3 is 2.69 bits per heavy atom. The summed E-state index contributed by atoms with van der Waals surface area (Å²) in [6.45, 7) is 2.04. The zero-order valence-corrected chi connectivity index (χ0v) is 9.22. The van der Waals surface area contributed by atoms with Gasteiger partial charge in [-0.3, -0.25) is 0 Å². The van der Waals surface area contributed by atoms with Gasteiger partial charge >= 0.3 is 0 Å². The smallest absolute Gasteiger partial charge is 0.128 e. The molecule has 0 saturated carbocycles. The summed E-state index contributed by atoms with van der Waals surface area (Å²) in [5, 5.41) is 0. The molecule has 0 bridgehead atoms. The monoisotopic (exact) mass is 213 g/mol. The van der Waals surface area contributed by atoms with Crippen LogP contribution in [0.15, 0.2) is 42.6 Å². The van der Waals surface area contributed by atoms with E-state index >= 15 is 0 Å². The van der Waals surface area contributed by atoms with E-state index in [9.17, 15) is 0 Å². The molecule has 0 spiro atoms. The van der Waals surface area contributed by atoms with Gasteiger partial charge in [0.1, 0.15) is 5.82 Å². The fourth-order valence-electron chi connectivity index (χ4n) is 1.74. The van der Waals surface area contributed by atoms with Gasteiger partial charge < -0.3 is 11.5 Å². The van der Waals surface area contributed by atoms with Crippen molar-refractivity contribution < 1.29 is 0 Å². The van der Waals surface area contributed by atoms with Crippen LogP contribution >= 0.6 is 0 Å². The second-order valence-corrected chi connectivity index (χ2v) is 3.87. The van der Waals surface area contributed by atoms with Crippen molar-refractivity contribution in [1.29, 1.82) is 0 Å². The number of aryl methyl sites for hydroxylation is 1. The second-order valence-electron chi connectivity index (χ2n) is 3.87. The molecule has 82 valence electrons. The zero-order valence-electron chi connectivity index (χ0n) is 9.22. The molecule has 1 aromatic carbocycles. The van der Waals surface area contributed by atoms with Crippen LogP contribution in [0.2, 0.25) is 0 Å². The normalized spacial score (nSPS) is 12.4. The number of aromatic nitrogens is 1. The molecule has 1 atom stereocenters. The Labute approximate surface area is 95.1 Å². The molecule has 16 heavy (non-hydrogen) atoms. The fraction of sp³-hybridized carbons (Fsp3) is 0.154. The first kappa shape index (κ1) is 10.6. The van der Waals surface area contributed by atoms with Gasteiger partial charge in [0.05, 0.1) is 6.04 Å². The van der Waals surface area contributed by atoms with Crippen LogP contribution in [0.1, 0.15) is 22.7 Å². The molecule has 0 amide bonds. The predicted octanol–water partition coefficient (Wildman–Crippen LogP) is 2.02. The van der Waals surface area contributed by atoms with E-state index in [-0.39, 0.29) is 6.04 Å². The summed E-state index contributed by atoms with van der Waals surface area (Å²) in [6, 6.07) is 11.7. The molecule has 2 aromatic rings. The quantitative estimate of drug-likeness (QED) is 0.802. The summed E-state index contributed by atoms with van der Waals surface area (Å²) in [5.74, 6) is 0.497. The second kappa shape index (κ2) is 4.33. The minimum atomic E-state index is -0.214. The summed E-state index contributed by atoms with van der Waals surface area (Å²) in [6.07, 6.45) is 1.67. The average molecular weight is 213 g/mol. The number of benzene rings is 1. The summed E-state index contributed by atoms with van der Waals surface area (Å²) in [5.41, 5.74) is 15.1. The van der Waals surface area contributed by atoms with Gasteiger partial charge in [-0.1, -0.05) is 35.9 Å². The number of anilines is 1. The largest absolute Gasteiger partial charge is 0.383 e. The van der Waals surface area contributed by atoms with E-state index in [2.05, 4.69) is 11.1 Å². The average Bonchev–Trinajstić information content (AvgIpc) is 2.29. The number of rotatable bonds is 2. The Morgan fingerprint density at radius 1 is 1.19 bits per heavy atom. The van der Waals surface area contributed by atoms with Crippen molar-refractivity contribution in [2.75, 3.05) is 5.73 Å². The molecule has 3 heteroatoms. The van der Waals surface area contributed by atoms with Crippen LogP contribution in [-0.2, 0) is 0 Å². The van der Waals surface area contributed by atoms with Gasteiger partial charge in [-0.05, 0) is 18.6 Å². The molecule has 1 aromatic heterocycles. The SMILES string of the molecule is Cc1cccc(C(N)c2cccnc2N)c1. The minimum absolute atomic E-state index is 0.214. The van der Waals surface area contributed by atoms with Crippen molar-refractivity contribution in [3.8, 4) is 0 Å². The number of nitrogen functional groups attached to an aromatic ring is 1. The third-order valence-electron chi connectivity index (χ3n) is 2.61. The highest BCUT2D eigenvalue weighted by Gasteiger charge is 2.11. The molecular formula is C13H15N3. The van der Waals surface area contributed by atoms with Crippen LogP contribution in [0.3, 0.4) is 0 Å². The highest BCUT2D eigenvalue weighted by atomic mass is 14.8. The van der Waals surface area contributed by atoms with Gasteiger partial charge in [-0.2, -0.15) is 0 Å². The first-order chi connectivity index (χ1) is 7.68. The van der Waals surface area contributed by atoms with Crippen LogP contribution in [0.4, 0.5) is 5.82 Å². The van der Waals surface area contributed by atoms with E-state index in [1.54, 1.807) is 6.20 Å². The Balaban J connectivity index is 2.39. The molecule has 0 aliphatic carbocycles. The van der Waals surface area contributed by atoms with E-state index in [4.69, 9.17) is 11.5 Å². The molecule has 0 aliphatic rings. The maximum absolute atomic E-state index is 6.17. The number of hydrogen-bond donors (Lipinski definition) is 2. The Morgan fingerprint density at radius 2 is 2.00 bits per heavy atom. The lowest BCUT2D eigenvalue weighted by molar-refractivity contribution is 0.866. The van der Waals surface area contributed by atoms with E-state index in [0.29, 0.717) is 5.82 Å². The third kappa shape index (κ3) is 2.04. The van der Waals surface area contributed by atoms with Crippen LogP contribution in [-0.4, -0.2) is 4.98 Å². The highest BCUT2D eigenvalue weighted by molar-refractivity contribution is 5.45. The van der Waals surface area contributed by atoms with Crippen LogP contribution < -0.4 is 11.5 Å². The molecule has 0 fully saturated rings. The Bertz CT molecular complexity index is 494. The van der Waals surface area contributed by atoms with Crippen LogP contribution in [0.25, 0.3) is 0 Å². The molecule has 2 rings (SSSR count). The molecule has 0 saturated heterocycles. The fourth-order valence-corrected chi connectivity index (χ4v) is 1.74. The first-order valence-electron chi connectivity index (χ1n) is 5.21. The molecule has 3 nitrogen and oxygen atoms in total. The van der Waals surface area contributed by atoms with E-state index in [1.165, 1.54) is 5.56 Å². The molecule has 4 N–H and O–H groups in total. The standard InChI is InChI=1S/C13H15N3/c1-9-4-2-5-10(8-9)12(14)11-6-3-7-16-13(11)15/h2-8,12H,14H2,1H3,(H2,15,16). The Hall–Kier alpha value is -1.87. The summed E-state index contributed by atoms with van der Waals surface area (Å²) < 4.78 is 0. The van der Waals surface area contributed by atoms with Crippen molar-refractivity contribution in [2.45, 2.75) is 13.0 Å². The van der Waals surface area contributed by atoms with Gasteiger partial charge in [0.2, 0.25) is 0 Å². The van der Waals surface area contributed by atoms with E-state index in [0.717, 1.165) is 11.1 Å². The number of hydrogen-bond acceptors (Lipinski definition) is 3. The molecule has 0 radical (unpaired) electrons. The van der Waals surface area contributed by atoms with Crippen LogP contribution in [0.5, 0.6) is 0 Å². The third-order valence-corrected chi connectivity index (χ3v) is 2.61. The van der Waals surface area contributed by atoms with Gasteiger partial charge in [0.25, 0.3) is 0 Å². The van der Waals surface area contributed by atoms with E-state index < -0.39 is 0 Å². The first-order valence-corrected chi connectivity index (χ1v) is 5.21. The maximum atomic E-state index is 6.17. The summed E-state index contributed by atoms with van der Waals surface area (Å²) in [4.78, 5) is 4.05. The molecule has 1 unspecified atom stereocenters. The lowest BCUT2D eigenvalue weighted by Gasteiger charge is -2.14. The van der Waals surface area contributed by atoms with Crippen LogP contribution in [0, 0.1) is 6.92 Å². The van der Waals surface area contributed by atoms with Crippen molar-refractivity contribution in [2.24, 2.45) is 5.73 Å². The van der Waals surface area contributed by atoms with Gasteiger partial charge in [-0.15, -0.1) is 0 Å². The molecular weight excluding hydrogens is 198 g/mol. The number of nitrogens with two attached hydrogens (primary N) is 2. The summed E-state index contributed by atoms with van der Waals surface area (Å²) in [7, 11) is 0. The van der Waals surface area contributed by atoms with Crippen molar-refractivity contribution in [3.05, 3.63) is 59.3 Å². The van der Waals surface area contributed by atoms with E-state index in [1.807, 2.05) is 37.3 Å². The summed E-state index contributed by atoms with van der Waals surface area (Å²) >= 11 is 0. The lowest BCUT2D eigenvalue weighted by atomic mass is 9.99. The molecule has 0 aliphatic heterocycles. The van der Waals surface area contributed by atoms with Crippen molar-refractivity contribution in [1.82, 2.24) is 4.98 Å². The number of nitrogens with zero attached hydrogens (tertiary/aromatic N) is 1. The minimum Gasteiger partial charge on any atom is -0.383 e. The van der Waals surface area contributed by atoms with Crippen molar-refractivity contribution >= 4 is 5.82 Å². The van der Waals surface area contributed by atoms with Gasteiger partial charge in [-0.25, -0.2) is 4.98 Å².